The van der Waals surface area contributed by atoms with Gasteiger partial charge in [0.05, 0.1) is 5.69 Å². The fraction of sp³-hybridized carbons (Fsp3) is 0.357. The Balaban J connectivity index is 1.91. The van der Waals surface area contributed by atoms with Crippen molar-refractivity contribution >= 4 is 39.4 Å². The van der Waals surface area contributed by atoms with E-state index in [4.69, 9.17) is 4.74 Å². The highest BCUT2D eigenvalue weighted by molar-refractivity contribution is 9.10. The number of carbonyl (C=O) groups is 3. The smallest absolute Gasteiger partial charge is 0.329 e. The van der Waals surface area contributed by atoms with E-state index in [2.05, 4.69) is 26.6 Å². The van der Waals surface area contributed by atoms with E-state index in [1.54, 1.807) is 6.07 Å². The third-order valence-electron chi connectivity index (χ3n) is 3.13. The van der Waals surface area contributed by atoms with Crippen molar-refractivity contribution in [1.82, 2.24) is 5.32 Å². The Morgan fingerprint density at radius 3 is 2.82 bits per heavy atom. The molecule has 2 rings (SSSR count). The zero-order chi connectivity index (χ0) is 16.3. The van der Waals surface area contributed by atoms with Crippen LogP contribution in [0.4, 0.5) is 10.1 Å². The topological polar surface area (TPSA) is 84.5 Å². The zero-order valence-corrected chi connectivity index (χ0v) is 13.3. The van der Waals surface area contributed by atoms with Crippen LogP contribution in [-0.4, -0.2) is 29.9 Å². The minimum Gasteiger partial charge on any atom is -0.451 e. The molecular weight excluding hydrogens is 359 g/mol. The van der Waals surface area contributed by atoms with Crippen molar-refractivity contribution in [2.24, 2.45) is 0 Å². The lowest BCUT2D eigenvalue weighted by Crippen LogP contribution is -2.39. The molecule has 1 aromatic rings. The van der Waals surface area contributed by atoms with E-state index in [-0.39, 0.29) is 18.0 Å². The average Bonchev–Trinajstić information content (AvgIpc) is 2.88. The Bertz CT molecular complexity index is 623. The molecule has 1 aliphatic heterocycles. The van der Waals surface area contributed by atoms with Crippen LogP contribution in [0.1, 0.15) is 19.8 Å². The quantitative estimate of drug-likeness (QED) is 0.788. The maximum absolute atomic E-state index is 13.6. The van der Waals surface area contributed by atoms with Gasteiger partial charge in [-0.25, -0.2) is 9.18 Å². The summed E-state index contributed by atoms with van der Waals surface area (Å²) in [4.78, 5) is 34.7. The van der Waals surface area contributed by atoms with Crippen molar-refractivity contribution in [1.29, 1.82) is 0 Å². The molecule has 22 heavy (non-hydrogen) atoms. The van der Waals surface area contributed by atoms with Crippen LogP contribution in [-0.2, 0) is 19.1 Å². The Kier molecular flexibility index (Phi) is 5.12. The molecule has 6 nitrogen and oxygen atoms in total. The van der Waals surface area contributed by atoms with Gasteiger partial charge in [-0.3, -0.25) is 9.59 Å². The summed E-state index contributed by atoms with van der Waals surface area (Å²) in [6, 6.07) is 3.44. The molecule has 1 aliphatic rings. The van der Waals surface area contributed by atoms with E-state index in [1.807, 2.05) is 0 Å². The lowest BCUT2D eigenvalue weighted by Gasteiger charge is -2.16. The summed E-state index contributed by atoms with van der Waals surface area (Å²) in [5.41, 5.74) is -0.00901. The molecule has 1 aromatic carbocycles. The number of nitrogens with one attached hydrogen (secondary N) is 2. The van der Waals surface area contributed by atoms with Gasteiger partial charge in [-0.15, -0.1) is 0 Å². The first kappa shape index (κ1) is 16.4. The number of hydrogen-bond donors (Lipinski definition) is 2. The summed E-state index contributed by atoms with van der Waals surface area (Å²) >= 11 is 3.11. The van der Waals surface area contributed by atoms with Gasteiger partial charge in [-0.2, -0.15) is 0 Å². The van der Waals surface area contributed by atoms with Crippen LogP contribution < -0.4 is 10.6 Å². The Morgan fingerprint density at radius 1 is 1.50 bits per heavy atom. The second-order valence-electron chi connectivity index (χ2n) is 4.85. The summed E-state index contributed by atoms with van der Waals surface area (Å²) in [5.74, 6) is -2.16. The SMILES string of the molecule is C[C@@H](OC(=O)[C@@H]1CCC(=O)N1)C(=O)Nc1ccc(Br)cc1F. The molecule has 1 fully saturated rings. The van der Waals surface area contributed by atoms with Crippen molar-refractivity contribution in [3.63, 3.8) is 0 Å². The average molecular weight is 373 g/mol. The standard InChI is InChI=1S/C14H14BrFN2O4/c1-7(22-14(21)11-4-5-12(19)17-11)13(20)18-10-3-2-8(15)6-9(10)16/h2-3,6-7,11H,4-5H2,1H3,(H,17,19)(H,18,20)/t7-,11+/m1/s1. The predicted molar refractivity (Wildman–Crippen MR) is 79.4 cm³/mol. The minimum atomic E-state index is -1.10. The summed E-state index contributed by atoms with van der Waals surface area (Å²) in [6.07, 6.45) is -0.509. The van der Waals surface area contributed by atoms with Crippen molar-refractivity contribution in [2.45, 2.75) is 31.9 Å². The molecule has 0 spiro atoms. The highest BCUT2D eigenvalue weighted by Gasteiger charge is 2.30. The number of halogens is 2. The Labute approximate surface area is 134 Å². The third kappa shape index (κ3) is 4.03. The van der Waals surface area contributed by atoms with Gasteiger partial charge in [0, 0.05) is 10.9 Å². The first-order chi connectivity index (χ1) is 10.4. The van der Waals surface area contributed by atoms with Gasteiger partial charge in [0.2, 0.25) is 5.91 Å². The molecule has 1 saturated heterocycles. The highest BCUT2D eigenvalue weighted by atomic mass is 79.9. The molecule has 0 aliphatic carbocycles. The molecule has 0 unspecified atom stereocenters. The normalized spacial score (nSPS) is 18.5. The molecule has 1 heterocycles. The second-order valence-corrected chi connectivity index (χ2v) is 5.77. The number of carbonyl (C=O) groups excluding carboxylic acids is 3. The van der Waals surface area contributed by atoms with E-state index < -0.39 is 29.8 Å². The van der Waals surface area contributed by atoms with Crippen molar-refractivity contribution < 1.29 is 23.5 Å². The van der Waals surface area contributed by atoms with Gasteiger partial charge in [-0.1, -0.05) is 15.9 Å². The first-order valence-corrected chi connectivity index (χ1v) is 7.42. The van der Waals surface area contributed by atoms with E-state index in [0.29, 0.717) is 10.9 Å². The molecular formula is C14H14BrFN2O4. The number of anilines is 1. The first-order valence-electron chi connectivity index (χ1n) is 6.62. The van der Waals surface area contributed by atoms with Crippen LogP contribution >= 0.6 is 15.9 Å². The summed E-state index contributed by atoms with van der Waals surface area (Å²) in [5, 5.41) is 4.80. The van der Waals surface area contributed by atoms with Crippen LogP contribution in [0.15, 0.2) is 22.7 Å². The van der Waals surface area contributed by atoms with Gasteiger partial charge in [0.1, 0.15) is 11.9 Å². The second kappa shape index (κ2) is 6.87. The number of hydrogen-bond acceptors (Lipinski definition) is 4. The largest absolute Gasteiger partial charge is 0.451 e. The van der Waals surface area contributed by atoms with Crippen molar-refractivity contribution in [3.8, 4) is 0 Å². The summed E-state index contributed by atoms with van der Waals surface area (Å²) in [6.45, 7) is 1.38. The van der Waals surface area contributed by atoms with E-state index >= 15 is 0 Å². The molecule has 8 heteroatoms. The zero-order valence-electron chi connectivity index (χ0n) is 11.7. The number of amides is 2. The molecule has 118 valence electrons. The molecule has 2 amide bonds. The molecule has 2 atom stereocenters. The van der Waals surface area contributed by atoms with E-state index in [0.717, 1.165) is 0 Å². The maximum Gasteiger partial charge on any atom is 0.329 e. The van der Waals surface area contributed by atoms with Crippen LogP contribution in [0.2, 0.25) is 0 Å². The molecule has 0 saturated carbocycles. The lowest BCUT2D eigenvalue weighted by atomic mass is 10.2. The fourth-order valence-corrected chi connectivity index (χ4v) is 2.26. The molecule has 2 N–H and O–H groups in total. The number of esters is 1. The lowest BCUT2D eigenvalue weighted by molar-refractivity contribution is -0.155. The highest BCUT2D eigenvalue weighted by Crippen LogP contribution is 2.19. The van der Waals surface area contributed by atoms with E-state index in [9.17, 15) is 18.8 Å². The van der Waals surface area contributed by atoms with Gasteiger partial charge < -0.3 is 15.4 Å². The Morgan fingerprint density at radius 2 is 2.23 bits per heavy atom. The maximum atomic E-state index is 13.6. The number of ether oxygens (including phenoxy) is 1. The predicted octanol–water partition coefficient (Wildman–Crippen LogP) is 1.74. The van der Waals surface area contributed by atoms with Crippen LogP contribution in [0, 0.1) is 5.82 Å². The minimum absolute atomic E-state index is 0.00901. The van der Waals surface area contributed by atoms with Crippen LogP contribution in [0.25, 0.3) is 0 Å². The van der Waals surface area contributed by atoms with Crippen LogP contribution in [0.3, 0.4) is 0 Å². The summed E-state index contributed by atoms with van der Waals surface area (Å²) in [7, 11) is 0. The Hall–Kier alpha value is -1.96. The van der Waals surface area contributed by atoms with Gasteiger partial charge in [-0.05, 0) is 31.5 Å². The van der Waals surface area contributed by atoms with Gasteiger partial charge in [0.25, 0.3) is 5.91 Å². The fourth-order valence-electron chi connectivity index (χ4n) is 1.93. The third-order valence-corrected chi connectivity index (χ3v) is 3.62. The monoisotopic (exact) mass is 372 g/mol. The molecule has 0 bridgehead atoms. The van der Waals surface area contributed by atoms with Gasteiger partial charge >= 0.3 is 5.97 Å². The van der Waals surface area contributed by atoms with E-state index in [1.165, 1.54) is 19.1 Å². The van der Waals surface area contributed by atoms with Crippen molar-refractivity contribution in [3.05, 3.63) is 28.5 Å². The number of benzene rings is 1. The molecule has 0 radical (unpaired) electrons. The van der Waals surface area contributed by atoms with Crippen LogP contribution in [0.5, 0.6) is 0 Å². The molecule has 0 aromatic heterocycles. The van der Waals surface area contributed by atoms with Gasteiger partial charge in [0.15, 0.2) is 6.10 Å². The number of rotatable bonds is 4. The summed E-state index contributed by atoms with van der Waals surface area (Å²) < 4.78 is 19.1. The van der Waals surface area contributed by atoms with Crippen molar-refractivity contribution in [2.75, 3.05) is 5.32 Å².